The molecule has 0 atom stereocenters. The first kappa shape index (κ1) is 15.9. The van der Waals surface area contributed by atoms with Crippen molar-refractivity contribution in [2.45, 2.75) is 25.9 Å². The molecule has 0 saturated carbocycles. The molecule has 0 unspecified atom stereocenters. The standard InChI is InChI=1S/C14H16F3N3S/c1-2-7-18-8-6-12-19-20-13(21-12)10-4-3-5-11(9-10)14(15,16)17/h3-5,9,18H,2,6-8H2,1H3. The Bertz CT molecular complexity index is 581. The van der Waals surface area contributed by atoms with Crippen LogP contribution in [0.25, 0.3) is 10.6 Å². The zero-order valence-electron chi connectivity index (χ0n) is 11.6. The molecule has 0 fully saturated rings. The summed E-state index contributed by atoms with van der Waals surface area (Å²) < 4.78 is 38.1. The average Bonchev–Trinajstić information content (AvgIpc) is 2.92. The second kappa shape index (κ2) is 7.00. The van der Waals surface area contributed by atoms with Crippen LogP contribution in [-0.4, -0.2) is 23.3 Å². The topological polar surface area (TPSA) is 37.8 Å². The molecule has 0 bridgehead atoms. The monoisotopic (exact) mass is 315 g/mol. The Morgan fingerprint density at radius 2 is 2.00 bits per heavy atom. The van der Waals surface area contributed by atoms with E-state index in [4.69, 9.17) is 0 Å². The Balaban J connectivity index is 2.07. The Morgan fingerprint density at radius 3 is 2.71 bits per heavy atom. The Labute approximate surface area is 125 Å². The van der Waals surface area contributed by atoms with Crippen LogP contribution in [0.3, 0.4) is 0 Å². The van der Waals surface area contributed by atoms with Crippen LogP contribution in [0, 0.1) is 0 Å². The predicted octanol–water partition coefficient (Wildman–Crippen LogP) is 3.77. The highest BCUT2D eigenvalue weighted by atomic mass is 32.1. The van der Waals surface area contributed by atoms with Crippen molar-refractivity contribution in [2.75, 3.05) is 13.1 Å². The van der Waals surface area contributed by atoms with Crippen LogP contribution >= 0.6 is 11.3 Å². The van der Waals surface area contributed by atoms with Crippen molar-refractivity contribution in [3.63, 3.8) is 0 Å². The summed E-state index contributed by atoms with van der Waals surface area (Å²) in [6, 6.07) is 5.18. The molecule has 1 N–H and O–H groups in total. The van der Waals surface area contributed by atoms with Crippen LogP contribution in [0.2, 0.25) is 0 Å². The third-order valence-corrected chi connectivity index (χ3v) is 3.88. The van der Waals surface area contributed by atoms with Crippen molar-refractivity contribution in [3.05, 3.63) is 34.8 Å². The minimum atomic E-state index is -4.34. The van der Waals surface area contributed by atoms with E-state index < -0.39 is 11.7 Å². The van der Waals surface area contributed by atoms with E-state index in [-0.39, 0.29) is 0 Å². The summed E-state index contributed by atoms with van der Waals surface area (Å²) in [6.07, 6.45) is -2.55. The van der Waals surface area contributed by atoms with Crippen LogP contribution in [0.15, 0.2) is 24.3 Å². The third-order valence-electron chi connectivity index (χ3n) is 2.85. The largest absolute Gasteiger partial charge is 0.416 e. The van der Waals surface area contributed by atoms with Gasteiger partial charge in [0.05, 0.1) is 5.56 Å². The van der Waals surface area contributed by atoms with Crippen LogP contribution in [0.5, 0.6) is 0 Å². The fourth-order valence-corrected chi connectivity index (χ4v) is 2.63. The van der Waals surface area contributed by atoms with E-state index in [1.54, 1.807) is 6.07 Å². The zero-order valence-corrected chi connectivity index (χ0v) is 12.4. The minimum Gasteiger partial charge on any atom is -0.316 e. The van der Waals surface area contributed by atoms with Gasteiger partial charge in [0, 0.05) is 18.5 Å². The average molecular weight is 315 g/mol. The molecule has 2 aromatic rings. The summed E-state index contributed by atoms with van der Waals surface area (Å²) in [4.78, 5) is 0. The molecule has 2 rings (SSSR count). The molecule has 0 spiro atoms. The molecule has 0 amide bonds. The lowest BCUT2D eigenvalue weighted by Gasteiger charge is -2.06. The highest BCUT2D eigenvalue weighted by Gasteiger charge is 2.30. The summed E-state index contributed by atoms with van der Waals surface area (Å²) in [7, 11) is 0. The fraction of sp³-hybridized carbons (Fsp3) is 0.429. The van der Waals surface area contributed by atoms with E-state index in [0.29, 0.717) is 10.6 Å². The first-order valence-electron chi connectivity index (χ1n) is 6.71. The number of benzene rings is 1. The van der Waals surface area contributed by atoms with Crippen molar-refractivity contribution in [3.8, 4) is 10.6 Å². The minimum absolute atomic E-state index is 0.454. The molecule has 1 heterocycles. The maximum atomic E-state index is 12.7. The molecule has 7 heteroatoms. The van der Waals surface area contributed by atoms with E-state index in [1.165, 1.54) is 17.4 Å². The Kier molecular flexibility index (Phi) is 5.30. The number of halogens is 3. The van der Waals surface area contributed by atoms with Gasteiger partial charge in [0.25, 0.3) is 0 Å². The maximum Gasteiger partial charge on any atom is 0.416 e. The lowest BCUT2D eigenvalue weighted by molar-refractivity contribution is -0.137. The lowest BCUT2D eigenvalue weighted by Crippen LogP contribution is -2.17. The van der Waals surface area contributed by atoms with Gasteiger partial charge >= 0.3 is 6.18 Å². The summed E-state index contributed by atoms with van der Waals surface area (Å²) in [6.45, 7) is 3.83. The highest BCUT2D eigenvalue weighted by Crippen LogP contribution is 2.32. The van der Waals surface area contributed by atoms with Crippen molar-refractivity contribution in [2.24, 2.45) is 0 Å². The first-order chi connectivity index (χ1) is 10.0. The SMILES string of the molecule is CCCNCCc1nnc(-c2cccc(C(F)(F)F)c2)s1. The van der Waals surface area contributed by atoms with Crippen LogP contribution in [-0.2, 0) is 12.6 Å². The van der Waals surface area contributed by atoms with Crippen molar-refractivity contribution in [1.82, 2.24) is 15.5 Å². The molecule has 0 aliphatic heterocycles. The van der Waals surface area contributed by atoms with Crippen LogP contribution in [0.1, 0.15) is 23.9 Å². The fourth-order valence-electron chi connectivity index (χ4n) is 1.80. The Hall–Kier alpha value is -1.47. The second-order valence-electron chi connectivity index (χ2n) is 4.58. The summed E-state index contributed by atoms with van der Waals surface area (Å²) in [5.41, 5.74) is -0.212. The number of nitrogens with one attached hydrogen (secondary N) is 1. The number of rotatable bonds is 6. The van der Waals surface area contributed by atoms with Gasteiger partial charge in [-0.1, -0.05) is 30.4 Å². The molecule has 114 valence electrons. The first-order valence-corrected chi connectivity index (χ1v) is 7.53. The summed E-state index contributed by atoms with van der Waals surface area (Å²) in [5, 5.41) is 12.6. The smallest absolute Gasteiger partial charge is 0.316 e. The van der Waals surface area contributed by atoms with E-state index in [1.807, 2.05) is 0 Å². The number of hydrogen-bond acceptors (Lipinski definition) is 4. The Morgan fingerprint density at radius 1 is 1.19 bits per heavy atom. The van der Waals surface area contributed by atoms with Crippen molar-refractivity contribution < 1.29 is 13.2 Å². The maximum absolute atomic E-state index is 12.7. The van der Waals surface area contributed by atoms with Crippen LogP contribution in [0.4, 0.5) is 13.2 Å². The van der Waals surface area contributed by atoms with E-state index in [9.17, 15) is 13.2 Å². The molecule has 3 nitrogen and oxygen atoms in total. The van der Waals surface area contributed by atoms with Gasteiger partial charge in [-0.15, -0.1) is 10.2 Å². The van der Waals surface area contributed by atoms with Crippen molar-refractivity contribution in [1.29, 1.82) is 0 Å². The molecule has 0 saturated heterocycles. The zero-order chi connectivity index (χ0) is 15.3. The molecule has 0 radical (unpaired) electrons. The number of hydrogen-bond donors (Lipinski definition) is 1. The van der Waals surface area contributed by atoms with Gasteiger partial charge in [-0.05, 0) is 25.1 Å². The van der Waals surface area contributed by atoms with Gasteiger partial charge in [-0.25, -0.2) is 0 Å². The summed E-state index contributed by atoms with van der Waals surface area (Å²) in [5.74, 6) is 0. The molecule has 0 aliphatic carbocycles. The van der Waals surface area contributed by atoms with Gasteiger partial charge in [0.15, 0.2) is 0 Å². The quantitative estimate of drug-likeness (QED) is 0.825. The molecular formula is C14H16F3N3S. The van der Waals surface area contributed by atoms with E-state index in [2.05, 4.69) is 22.4 Å². The van der Waals surface area contributed by atoms with Gasteiger partial charge < -0.3 is 5.32 Å². The van der Waals surface area contributed by atoms with Gasteiger partial charge in [-0.3, -0.25) is 0 Å². The van der Waals surface area contributed by atoms with Crippen LogP contribution < -0.4 is 5.32 Å². The number of nitrogens with zero attached hydrogens (tertiary/aromatic N) is 2. The third kappa shape index (κ3) is 4.50. The van der Waals surface area contributed by atoms with Gasteiger partial charge in [-0.2, -0.15) is 13.2 Å². The molecule has 1 aromatic carbocycles. The van der Waals surface area contributed by atoms with Gasteiger partial charge in [0.2, 0.25) is 0 Å². The lowest BCUT2D eigenvalue weighted by atomic mass is 10.1. The molecule has 1 aromatic heterocycles. The number of alkyl halides is 3. The molecule has 21 heavy (non-hydrogen) atoms. The molecular weight excluding hydrogens is 299 g/mol. The van der Waals surface area contributed by atoms with E-state index in [0.717, 1.165) is 43.1 Å². The predicted molar refractivity (Wildman–Crippen MR) is 77.2 cm³/mol. The summed E-state index contributed by atoms with van der Waals surface area (Å²) >= 11 is 1.33. The molecule has 0 aliphatic rings. The highest BCUT2D eigenvalue weighted by molar-refractivity contribution is 7.14. The van der Waals surface area contributed by atoms with Crippen molar-refractivity contribution >= 4 is 11.3 Å². The number of aromatic nitrogens is 2. The second-order valence-corrected chi connectivity index (χ2v) is 5.64. The van der Waals surface area contributed by atoms with Gasteiger partial charge in [0.1, 0.15) is 10.0 Å². The normalized spacial score (nSPS) is 11.8. The van der Waals surface area contributed by atoms with E-state index >= 15 is 0 Å².